The molecule has 0 fully saturated rings. The van der Waals surface area contributed by atoms with Gasteiger partial charge in [0, 0.05) is 54.7 Å². The van der Waals surface area contributed by atoms with Crippen LogP contribution in [0.1, 0.15) is 79.9 Å². The lowest BCUT2D eigenvalue weighted by Crippen LogP contribution is -2.29. The summed E-state index contributed by atoms with van der Waals surface area (Å²) in [6.07, 6.45) is 4.59. The zero-order valence-corrected chi connectivity index (χ0v) is 26.4. The van der Waals surface area contributed by atoms with Crippen molar-refractivity contribution >= 4 is 23.2 Å². The molecule has 0 unspecified atom stereocenters. The Morgan fingerprint density at radius 3 is 2.31 bits per heavy atom. The fraction of sp³-hybridized carbons (Fsp3) is 0.353. The fourth-order valence-electron chi connectivity index (χ4n) is 4.21. The molecule has 0 aliphatic carbocycles. The number of nitrogens with zero attached hydrogens (tertiary/aromatic N) is 3. The number of aromatic nitrogens is 2. The van der Waals surface area contributed by atoms with Crippen LogP contribution in [0.25, 0.3) is 0 Å². The number of benzene rings is 2. The number of rotatable bonds is 11. The normalized spacial score (nSPS) is 10.6. The van der Waals surface area contributed by atoms with Crippen LogP contribution < -0.4 is 10.6 Å². The van der Waals surface area contributed by atoms with Gasteiger partial charge in [0.2, 0.25) is 0 Å². The van der Waals surface area contributed by atoms with Gasteiger partial charge in [-0.2, -0.15) is 0 Å². The van der Waals surface area contributed by atoms with Crippen molar-refractivity contribution in [3.05, 3.63) is 116 Å². The number of aryl methyl sites for hydroxylation is 3. The molecule has 0 aliphatic heterocycles. The Bertz CT molecular complexity index is 1430. The maximum absolute atomic E-state index is 12.9. The Morgan fingerprint density at radius 1 is 0.929 bits per heavy atom. The molecule has 2 N–H and O–H groups in total. The molecule has 0 saturated heterocycles. The molecule has 0 spiro atoms. The predicted molar refractivity (Wildman–Crippen MR) is 172 cm³/mol. The molecule has 2 heterocycles. The number of nitrogens with one attached hydrogen (secondary N) is 2. The van der Waals surface area contributed by atoms with E-state index >= 15 is 0 Å². The van der Waals surface area contributed by atoms with Crippen LogP contribution in [0.3, 0.4) is 0 Å². The van der Waals surface area contributed by atoms with Crippen LogP contribution in [0.2, 0.25) is 0 Å². The minimum absolute atomic E-state index is 0.129. The van der Waals surface area contributed by atoms with Gasteiger partial charge in [0.1, 0.15) is 5.01 Å². The smallest absolute Gasteiger partial charge is 0.254 e. The van der Waals surface area contributed by atoms with Crippen molar-refractivity contribution in [1.29, 1.82) is 0 Å². The zero-order chi connectivity index (χ0) is 30.5. The Kier molecular flexibility index (Phi) is 12.8. The highest BCUT2D eigenvalue weighted by atomic mass is 32.1. The van der Waals surface area contributed by atoms with Crippen molar-refractivity contribution in [3.63, 3.8) is 0 Å². The molecule has 4 rings (SSSR count). The summed E-state index contributed by atoms with van der Waals surface area (Å²) in [7, 11) is 1.75. The lowest BCUT2D eigenvalue weighted by molar-refractivity contribution is 0.0785. The lowest BCUT2D eigenvalue weighted by atomic mass is 10.0. The Balaban J connectivity index is 0.000000603. The molecule has 222 valence electrons. The molecule has 2 aromatic heterocycles. The number of carbonyl (C=O) groups is 2. The second-order valence-electron chi connectivity index (χ2n) is 10.9. The van der Waals surface area contributed by atoms with Gasteiger partial charge in [0.15, 0.2) is 0 Å². The van der Waals surface area contributed by atoms with E-state index in [2.05, 4.69) is 59.6 Å². The highest BCUT2D eigenvalue weighted by molar-refractivity contribution is 7.09. The zero-order valence-electron chi connectivity index (χ0n) is 25.6. The van der Waals surface area contributed by atoms with Crippen molar-refractivity contribution in [1.82, 2.24) is 25.5 Å². The molecule has 0 saturated carbocycles. The summed E-state index contributed by atoms with van der Waals surface area (Å²) in [5.41, 5.74) is 6.54. The molecule has 0 aliphatic rings. The number of carbonyl (C=O) groups excluding carboxylic acids is 2. The average Bonchev–Trinajstić information content (AvgIpc) is 3.38. The molecule has 42 heavy (non-hydrogen) atoms. The fourth-order valence-corrected chi connectivity index (χ4v) is 5.04. The first-order valence-corrected chi connectivity index (χ1v) is 15.2. The predicted octanol–water partition coefficient (Wildman–Crippen LogP) is 6.46. The van der Waals surface area contributed by atoms with Gasteiger partial charge >= 0.3 is 0 Å². The van der Waals surface area contributed by atoms with E-state index in [0.29, 0.717) is 30.1 Å². The molecule has 2 aromatic carbocycles. The highest BCUT2D eigenvalue weighted by Crippen LogP contribution is 2.16. The van der Waals surface area contributed by atoms with Crippen LogP contribution in [-0.4, -0.2) is 46.8 Å². The second kappa shape index (κ2) is 16.5. The van der Waals surface area contributed by atoms with Crippen molar-refractivity contribution in [2.45, 2.75) is 60.0 Å². The molecule has 0 bridgehead atoms. The molecule has 4 aromatic rings. The van der Waals surface area contributed by atoms with E-state index in [1.165, 1.54) is 22.5 Å². The van der Waals surface area contributed by atoms with Gasteiger partial charge in [-0.15, -0.1) is 11.3 Å². The standard InChI is InChI=1S/C27H35N5O2S.C7H8/c1-18(2)24-11-21(14-29-15-24)13-28-7-6-8-30-26(33)22-9-19(3)10-23(12-22)27(34)32(5)16-25-31-20(4)17-35-25;1-7-5-3-2-4-6-7/h9-12,14-15,17-18,28H,6-8,13,16H2,1-5H3,(H,30,33);2-6H,1H3. The van der Waals surface area contributed by atoms with Crippen LogP contribution >= 0.6 is 11.3 Å². The van der Waals surface area contributed by atoms with Gasteiger partial charge < -0.3 is 15.5 Å². The maximum atomic E-state index is 12.9. The van der Waals surface area contributed by atoms with Gasteiger partial charge in [-0.25, -0.2) is 4.98 Å². The van der Waals surface area contributed by atoms with E-state index in [0.717, 1.165) is 41.3 Å². The highest BCUT2D eigenvalue weighted by Gasteiger charge is 2.16. The van der Waals surface area contributed by atoms with Gasteiger partial charge in [-0.05, 0) is 74.5 Å². The Hall–Kier alpha value is -3.88. The number of pyridine rings is 1. The second-order valence-corrected chi connectivity index (χ2v) is 11.8. The summed E-state index contributed by atoms with van der Waals surface area (Å²) in [5, 5.41) is 9.23. The van der Waals surface area contributed by atoms with Gasteiger partial charge in [0.05, 0.1) is 6.54 Å². The summed E-state index contributed by atoms with van der Waals surface area (Å²) in [5.74, 6) is 0.156. The first kappa shape index (κ1) is 32.6. The minimum Gasteiger partial charge on any atom is -0.352 e. The molecule has 0 radical (unpaired) electrons. The number of thiazole rings is 1. The average molecular weight is 586 g/mol. The molecule has 0 atom stereocenters. The summed E-state index contributed by atoms with van der Waals surface area (Å²) < 4.78 is 0. The number of hydrogen-bond acceptors (Lipinski definition) is 6. The quantitative estimate of drug-likeness (QED) is 0.198. The third kappa shape index (κ3) is 10.8. The van der Waals surface area contributed by atoms with Crippen LogP contribution in [-0.2, 0) is 13.1 Å². The van der Waals surface area contributed by atoms with Crippen LogP contribution in [0.15, 0.2) is 72.4 Å². The summed E-state index contributed by atoms with van der Waals surface area (Å²) in [6, 6.07) is 17.7. The molecule has 8 heteroatoms. The van der Waals surface area contributed by atoms with Crippen molar-refractivity contribution in [3.8, 4) is 0 Å². The van der Waals surface area contributed by atoms with E-state index in [4.69, 9.17) is 0 Å². The topological polar surface area (TPSA) is 87.2 Å². The monoisotopic (exact) mass is 585 g/mol. The van der Waals surface area contributed by atoms with E-state index in [9.17, 15) is 9.59 Å². The van der Waals surface area contributed by atoms with Crippen LogP contribution in [0, 0.1) is 20.8 Å². The third-order valence-electron chi connectivity index (χ3n) is 6.54. The molecule has 2 amide bonds. The summed E-state index contributed by atoms with van der Waals surface area (Å²) >= 11 is 1.54. The van der Waals surface area contributed by atoms with E-state index in [1.807, 2.05) is 62.0 Å². The first-order chi connectivity index (χ1) is 20.1. The van der Waals surface area contributed by atoms with Crippen LogP contribution in [0.5, 0.6) is 0 Å². The van der Waals surface area contributed by atoms with E-state index < -0.39 is 0 Å². The maximum Gasteiger partial charge on any atom is 0.254 e. The summed E-state index contributed by atoms with van der Waals surface area (Å²) in [4.78, 5) is 36.0. The Labute approximate surface area is 254 Å². The Morgan fingerprint density at radius 2 is 1.67 bits per heavy atom. The lowest BCUT2D eigenvalue weighted by Gasteiger charge is -2.17. The first-order valence-electron chi connectivity index (χ1n) is 14.3. The van der Waals surface area contributed by atoms with E-state index in [-0.39, 0.29) is 11.8 Å². The molecular weight excluding hydrogens is 542 g/mol. The minimum atomic E-state index is -0.171. The van der Waals surface area contributed by atoms with Gasteiger partial charge in [-0.3, -0.25) is 14.6 Å². The number of hydrogen-bond donors (Lipinski definition) is 2. The summed E-state index contributed by atoms with van der Waals surface area (Å²) in [6.45, 7) is 12.8. The van der Waals surface area contributed by atoms with Gasteiger partial charge in [0.25, 0.3) is 11.8 Å². The van der Waals surface area contributed by atoms with Crippen molar-refractivity contribution in [2.24, 2.45) is 0 Å². The third-order valence-corrected chi connectivity index (χ3v) is 7.49. The van der Waals surface area contributed by atoms with Crippen molar-refractivity contribution in [2.75, 3.05) is 20.1 Å². The molecule has 7 nitrogen and oxygen atoms in total. The number of amides is 2. The van der Waals surface area contributed by atoms with E-state index in [1.54, 1.807) is 18.0 Å². The SMILES string of the molecule is Cc1cc(C(=O)NCCCNCc2cncc(C(C)C)c2)cc(C(=O)N(C)Cc2nc(C)cs2)c1.Cc1ccccc1. The largest absolute Gasteiger partial charge is 0.352 e. The van der Waals surface area contributed by atoms with Crippen LogP contribution in [0.4, 0.5) is 0 Å². The van der Waals surface area contributed by atoms with Crippen molar-refractivity contribution < 1.29 is 9.59 Å². The molecular formula is C34H43N5O2S. The van der Waals surface area contributed by atoms with Gasteiger partial charge in [-0.1, -0.05) is 55.8 Å².